The van der Waals surface area contributed by atoms with Crippen LogP contribution in [-0.4, -0.2) is 33.5 Å². The lowest BCUT2D eigenvalue weighted by molar-refractivity contribution is 0.0734. The van der Waals surface area contributed by atoms with E-state index < -0.39 is 18.9 Å². The van der Waals surface area contributed by atoms with Crippen molar-refractivity contribution in [1.29, 1.82) is 0 Å². The van der Waals surface area contributed by atoms with Crippen LogP contribution in [0.2, 0.25) is 5.02 Å². The Morgan fingerprint density at radius 3 is 3.00 bits per heavy atom. The molecule has 3 heterocycles. The molecule has 0 spiro atoms. The first kappa shape index (κ1) is 12.8. The van der Waals surface area contributed by atoms with Crippen LogP contribution in [0.1, 0.15) is 62.5 Å². The molecule has 0 radical (unpaired) electrons. The molecule has 2 aromatic heterocycles. The van der Waals surface area contributed by atoms with Gasteiger partial charge in [-0.05, 0) is 43.5 Å². The number of aromatic nitrogens is 2. The molecule has 2 atom stereocenters. The maximum absolute atomic E-state index is 13.5. The highest BCUT2D eigenvalue weighted by molar-refractivity contribution is 6.30. The fraction of sp³-hybridized carbons (Fsp3) is 0.333. The van der Waals surface area contributed by atoms with Gasteiger partial charge in [0.05, 0.1) is 23.4 Å². The second-order valence-corrected chi connectivity index (χ2v) is 7.92. The average Bonchev–Trinajstić information content (AvgIpc) is 3.34. The van der Waals surface area contributed by atoms with Crippen LogP contribution in [0.5, 0.6) is 5.75 Å². The fourth-order valence-corrected chi connectivity index (χ4v) is 4.59. The Balaban J connectivity index is 1.66. The largest absolute Gasteiger partial charge is 0.490 e. The van der Waals surface area contributed by atoms with E-state index in [1.165, 1.54) is 0 Å². The number of hydrogen-bond donors (Lipinski definition) is 0. The third-order valence-corrected chi connectivity index (χ3v) is 6.02. The molecule has 1 saturated carbocycles. The summed E-state index contributed by atoms with van der Waals surface area (Å²) in [4.78, 5) is 14.5. The van der Waals surface area contributed by atoms with Gasteiger partial charge in [0.1, 0.15) is 5.75 Å². The summed E-state index contributed by atoms with van der Waals surface area (Å²) in [5.41, 5.74) is 3.54. The molecular weight excluding hydrogens is 362 g/mol. The van der Waals surface area contributed by atoms with Gasteiger partial charge in [-0.2, -0.15) is 5.10 Å². The van der Waals surface area contributed by atoms with Crippen molar-refractivity contribution < 1.29 is 13.6 Å². The van der Waals surface area contributed by atoms with Gasteiger partial charge in [-0.15, -0.1) is 0 Å². The van der Waals surface area contributed by atoms with Gasteiger partial charge in [0.25, 0.3) is 5.91 Å². The van der Waals surface area contributed by atoms with Crippen LogP contribution >= 0.6 is 11.6 Å². The summed E-state index contributed by atoms with van der Waals surface area (Å²) in [5, 5.41) is 5.25. The Hall–Kier alpha value is -2.53. The van der Waals surface area contributed by atoms with Crippen molar-refractivity contribution >= 4 is 23.0 Å². The molecule has 136 valence electrons. The molecule has 6 heteroatoms. The zero-order chi connectivity index (χ0) is 20.8. The van der Waals surface area contributed by atoms with Crippen molar-refractivity contribution in [2.45, 2.75) is 37.3 Å². The Morgan fingerprint density at radius 2 is 2.19 bits per heavy atom. The van der Waals surface area contributed by atoms with E-state index in [-0.39, 0.29) is 12.0 Å². The second-order valence-electron chi connectivity index (χ2n) is 7.49. The van der Waals surface area contributed by atoms with Crippen LogP contribution in [0.25, 0.3) is 5.52 Å². The number of benzene rings is 1. The SMILES string of the molecule is [2H]C([2H])([2H])N1C(=O)c2cccc(OC3CC3)c2[C@H]2C[C@@H]1c1nn3ccc(Cl)cc3c12. The van der Waals surface area contributed by atoms with Gasteiger partial charge >= 0.3 is 0 Å². The van der Waals surface area contributed by atoms with E-state index in [0.29, 0.717) is 28.5 Å². The maximum atomic E-state index is 13.5. The molecule has 0 N–H and O–H groups in total. The number of nitrogens with zero attached hydrogens (tertiary/aromatic N) is 3. The number of rotatable bonds is 2. The molecule has 1 aliphatic heterocycles. The molecule has 1 aromatic carbocycles. The normalized spacial score (nSPS) is 25.4. The zero-order valence-corrected chi connectivity index (χ0v) is 15.1. The third-order valence-electron chi connectivity index (χ3n) is 5.78. The van der Waals surface area contributed by atoms with Crippen LogP contribution in [0, 0.1) is 0 Å². The molecule has 1 fully saturated rings. The Bertz CT molecular complexity index is 1220. The number of carbonyl (C=O) groups excluding carboxylic acids is 1. The number of hydrogen-bond acceptors (Lipinski definition) is 3. The van der Waals surface area contributed by atoms with Crippen LogP contribution in [-0.2, 0) is 0 Å². The van der Waals surface area contributed by atoms with Gasteiger partial charge in [-0.25, -0.2) is 4.52 Å². The molecule has 2 aliphatic carbocycles. The second kappa shape index (κ2) is 5.26. The summed E-state index contributed by atoms with van der Waals surface area (Å²) >= 11 is 6.27. The van der Waals surface area contributed by atoms with Gasteiger partial charge in [0.15, 0.2) is 0 Å². The lowest BCUT2D eigenvalue weighted by Gasteiger charge is -2.23. The van der Waals surface area contributed by atoms with Crippen molar-refractivity contribution in [2.24, 2.45) is 0 Å². The fourth-order valence-electron chi connectivity index (χ4n) is 4.43. The highest BCUT2D eigenvalue weighted by atomic mass is 35.5. The van der Waals surface area contributed by atoms with Crippen LogP contribution < -0.4 is 4.74 Å². The van der Waals surface area contributed by atoms with E-state index in [4.69, 9.17) is 20.5 Å². The number of fused-ring (bicyclic) bond motifs is 9. The summed E-state index contributed by atoms with van der Waals surface area (Å²) in [5.74, 6) is -0.0320. The van der Waals surface area contributed by atoms with Crippen molar-refractivity contribution in [2.75, 3.05) is 6.98 Å². The summed E-state index contributed by atoms with van der Waals surface area (Å²) < 4.78 is 32.1. The maximum Gasteiger partial charge on any atom is 0.254 e. The lowest BCUT2D eigenvalue weighted by Crippen LogP contribution is -2.30. The first-order chi connectivity index (χ1) is 14.3. The van der Waals surface area contributed by atoms with Gasteiger partial charge < -0.3 is 9.64 Å². The number of ether oxygens (including phenoxy) is 1. The molecule has 6 rings (SSSR count). The van der Waals surface area contributed by atoms with E-state index in [2.05, 4.69) is 5.10 Å². The zero-order valence-electron chi connectivity index (χ0n) is 17.4. The molecule has 0 unspecified atom stereocenters. The Kier molecular flexibility index (Phi) is 2.49. The van der Waals surface area contributed by atoms with Gasteiger partial charge in [-0.3, -0.25) is 4.79 Å². The minimum atomic E-state index is -2.59. The standard InChI is InChI=1S/C21H18ClN3O2/c1-24-16-10-14(19-15-9-11(22)7-8-25(15)23-20(16)19)18-13(21(24)26)3-2-4-17(18)27-12-5-6-12/h2-4,7-9,12,14,16H,5-6,10H2,1H3/t14-,16-/m1/s1/i1D3. The molecule has 3 aliphatic rings. The predicted octanol–water partition coefficient (Wildman–Crippen LogP) is 4.19. The van der Waals surface area contributed by atoms with E-state index in [1.807, 2.05) is 12.1 Å². The average molecular weight is 383 g/mol. The lowest BCUT2D eigenvalue weighted by atomic mass is 9.89. The molecule has 2 bridgehead atoms. The minimum absolute atomic E-state index is 0.156. The topological polar surface area (TPSA) is 46.8 Å². The highest BCUT2D eigenvalue weighted by Gasteiger charge is 2.46. The monoisotopic (exact) mass is 382 g/mol. The van der Waals surface area contributed by atoms with Crippen LogP contribution in [0.4, 0.5) is 0 Å². The van der Waals surface area contributed by atoms with Crippen molar-refractivity contribution in [3.8, 4) is 5.75 Å². The van der Waals surface area contributed by atoms with Gasteiger partial charge in [0, 0.05) is 44.9 Å². The predicted molar refractivity (Wildman–Crippen MR) is 102 cm³/mol. The molecule has 27 heavy (non-hydrogen) atoms. The van der Waals surface area contributed by atoms with Gasteiger partial charge in [0.2, 0.25) is 0 Å². The van der Waals surface area contributed by atoms with E-state index >= 15 is 0 Å². The number of halogens is 1. The molecule has 5 nitrogen and oxygen atoms in total. The summed E-state index contributed by atoms with van der Waals surface area (Å²) in [6, 6.07) is 8.29. The molecular formula is C21H18ClN3O2. The first-order valence-electron chi connectivity index (χ1n) is 10.6. The molecule has 3 aromatic rings. The highest BCUT2D eigenvalue weighted by Crippen LogP contribution is 2.53. The van der Waals surface area contributed by atoms with E-state index in [0.717, 1.165) is 34.4 Å². The smallest absolute Gasteiger partial charge is 0.254 e. The van der Waals surface area contributed by atoms with Crippen molar-refractivity contribution in [1.82, 2.24) is 14.5 Å². The summed E-state index contributed by atoms with van der Waals surface area (Å²) in [7, 11) is 0. The minimum Gasteiger partial charge on any atom is -0.490 e. The first-order valence-corrected chi connectivity index (χ1v) is 9.51. The van der Waals surface area contributed by atoms with Gasteiger partial charge in [-0.1, -0.05) is 17.7 Å². The summed E-state index contributed by atoms with van der Waals surface area (Å²) in [6.07, 6.45) is 4.36. The molecule has 0 saturated heterocycles. The Labute approximate surface area is 165 Å². The number of pyridine rings is 1. The quantitative estimate of drug-likeness (QED) is 0.667. The van der Waals surface area contributed by atoms with E-state index in [9.17, 15) is 4.79 Å². The summed E-state index contributed by atoms with van der Waals surface area (Å²) in [6.45, 7) is -2.59. The van der Waals surface area contributed by atoms with Crippen LogP contribution in [0.3, 0.4) is 0 Å². The number of carbonyl (C=O) groups is 1. The van der Waals surface area contributed by atoms with E-state index in [1.54, 1.807) is 28.9 Å². The third kappa shape index (κ3) is 2.12. The van der Waals surface area contributed by atoms with Crippen molar-refractivity contribution in [3.63, 3.8) is 0 Å². The Morgan fingerprint density at radius 1 is 1.30 bits per heavy atom. The van der Waals surface area contributed by atoms with Crippen LogP contribution in [0.15, 0.2) is 36.5 Å². The number of amides is 1. The molecule has 1 amide bonds. The van der Waals surface area contributed by atoms with Crippen molar-refractivity contribution in [3.05, 3.63) is 63.9 Å².